The number of ketones is 1. The Morgan fingerprint density at radius 1 is 0.933 bits per heavy atom. The van der Waals surface area contributed by atoms with Crippen molar-refractivity contribution in [3.8, 4) is 5.75 Å². The van der Waals surface area contributed by atoms with Gasteiger partial charge in [-0.25, -0.2) is 0 Å². The molecule has 0 aliphatic heterocycles. The Balaban J connectivity index is 1.38. The molecule has 0 saturated heterocycles. The number of rotatable bonds is 7. The Bertz CT molecular complexity index is 924. The van der Waals surface area contributed by atoms with Crippen molar-refractivity contribution in [2.45, 2.75) is 19.3 Å². The number of fused-ring (bicyclic) bond motifs is 2. The van der Waals surface area contributed by atoms with Crippen molar-refractivity contribution in [3.63, 3.8) is 0 Å². The summed E-state index contributed by atoms with van der Waals surface area (Å²) in [4.78, 5) is 38.1. The van der Waals surface area contributed by atoms with E-state index in [1.807, 2.05) is 18.2 Å². The summed E-state index contributed by atoms with van der Waals surface area (Å²) in [5.74, 6) is -0.618. The summed E-state index contributed by atoms with van der Waals surface area (Å²) in [5.41, 5.74) is 1.22. The number of hydrogen-bond acceptors (Lipinski definition) is 5. The van der Waals surface area contributed by atoms with Crippen LogP contribution in [0, 0.1) is 23.7 Å². The zero-order valence-electron chi connectivity index (χ0n) is 16.9. The molecule has 0 radical (unpaired) electrons. The van der Waals surface area contributed by atoms with Gasteiger partial charge in [-0.15, -0.1) is 0 Å². The first-order valence-corrected chi connectivity index (χ1v) is 10.3. The van der Waals surface area contributed by atoms with Gasteiger partial charge in [0.1, 0.15) is 5.75 Å². The van der Waals surface area contributed by atoms with Crippen molar-refractivity contribution >= 4 is 23.3 Å². The summed E-state index contributed by atoms with van der Waals surface area (Å²) in [7, 11) is 1.57. The number of benzene rings is 2. The first kappa shape index (κ1) is 20.1. The lowest BCUT2D eigenvalue weighted by molar-refractivity contribution is -0.154. The van der Waals surface area contributed by atoms with Crippen molar-refractivity contribution in [1.82, 2.24) is 0 Å². The van der Waals surface area contributed by atoms with Crippen LogP contribution in [-0.2, 0) is 14.3 Å². The highest BCUT2D eigenvalue weighted by Gasteiger charge is 2.54. The second-order valence-electron chi connectivity index (χ2n) is 8.00. The summed E-state index contributed by atoms with van der Waals surface area (Å²) < 4.78 is 10.4. The molecule has 2 aliphatic carbocycles. The van der Waals surface area contributed by atoms with E-state index in [0.29, 0.717) is 17.0 Å². The molecule has 0 aromatic heterocycles. The maximum atomic E-state index is 13.1. The number of amides is 1. The maximum Gasteiger partial charge on any atom is 0.310 e. The summed E-state index contributed by atoms with van der Waals surface area (Å²) in [6.07, 6.45) is 2.78. The average Bonchev–Trinajstić information content (AvgIpc) is 3.40. The minimum atomic E-state index is -0.467. The van der Waals surface area contributed by atoms with Gasteiger partial charge in [0.15, 0.2) is 12.4 Å². The van der Waals surface area contributed by atoms with Crippen LogP contribution in [0.5, 0.6) is 5.75 Å². The highest BCUT2D eigenvalue weighted by Crippen LogP contribution is 2.53. The first-order chi connectivity index (χ1) is 14.6. The van der Waals surface area contributed by atoms with E-state index in [2.05, 4.69) is 5.32 Å². The van der Waals surface area contributed by atoms with Gasteiger partial charge in [0, 0.05) is 17.2 Å². The fraction of sp³-hybridized carbons (Fsp3) is 0.375. The van der Waals surface area contributed by atoms with E-state index in [-0.39, 0.29) is 30.1 Å². The van der Waals surface area contributed by atoms with E-state index in [0.717, 1.165) is 19.3 Å². The zero-order chi connectivity index (χ0) is 21.1. The fourth-order valence-corrected chi connectivity index (χ4v) is 4.91. The van der Waals surface area contributed by atoms with Gasteiger partial charge in [0.2, 0.25) is 0 Å². The lowest BCUT2D eigenvalue weighted by Gasteiger charge is -2.28. The molecule has 1 N–H and O–H groups in total. The van der Waals surface area contributed by atoms with E-state index < -0.39 is 17.8 Å². The largest absolute Gasteiger partial charge is 0.497 e. The van der Waals surface area contributed by atoms with Crippen molar-refractivity contribution in [3.05, 3.63) is 60.2 Å². The molecule has 2 fully saturated rings. The predicted molar refractivity (Wildman–Crippen MR) is 111 cm³/mol. The van der Waals surface area contributed by atoms with Crippen LogP contribution in [0.1, 0.15) is 29.6 Å². The summed E-state index contributed by atoms with van der Waals surface area (Å²) >= 11 is 0. The first-order valence-electron chi connectivity index (χ1n) is 10.3. The lowest BCUT2D eigenvalue weighted by Crippen LogP contribution is -2.37. The molecular weight excluding hydrogens is 382 g/mol. The van der Waals surface area contributed by atoms with E-state index in [1.54, 1.807) is 43.5 Å². The molecule has 30 heavy (non-hydrogen) atoms. The third-order valence-corrected chi connectivity index (χ3v) is 6.27. The molecule has 2 aromatic rings. The van der Waals surface area contributed by atoms with E-state index in [9.17, 15) is 14.4 Å². The number of anilines is 1. The van der Waals surface area contributed by atoms with Gasteiger partial charge in [0.05, 0.1) is 13.0 Å². The highest BCUT2D eigenvalue weighted by atomic mass is 16.5. The number of hydrogen-bond donors (Lipinski definition) is 1. The zero-order valence-corrected chi connectivity index (χ0v) is 16.9. The van der Waals surface area contributed by atoms with Gasteiger partial charge >= 0.3 is 5.97 Å². The third kappa shape index (κ3) is 4.08. The normalized spacial score (nSPS) is 24.3. The number of nitrogens with one attached hydrogen (secondary N) is 1. The van der Waals surface area contributed by atoms with Crippen LogP contribution in [0.25, 0.3) is 0 Å². The number of carbonyl (C=O) groups is 3. The SMILES string of the molecule is COc1ccc(NC(=O)COC(=O)[C@@H]2[C@H]3CC[C@@H](C3)[C@@H]2C(=O)c2ccccc2)cc1. The highest BCUT2D eigenvalue weighted by molar-refractivity contribution is 6.01. The molecule has 6 nitrogen and oxygen atoms in total. The van der Waals surface area contributed by atoms with Crippen LogP contribution in [0.2, 0.25) is 0 Å². The second kappa shape index (κ2) is 8.69. The fourth-order valence-electron chi connectivity index (χ4n) is 4.91. The Morgan fingerprint density at radius 2 is 1.60 bits per heavy atom. The Morgan fingerprint density at radius 3 is 2.27 bits per heavy atom. The lowest BCUT2D eigenvalue weighted by atomic mass is 9.75. The quantitative estimate of drug-likeness (QED) is 0.559. The molecule has 6 heteroatoms. The smallest absolute Gasteiger partial charge is 0.310 e. The van der Waals surface area contributed by atoms with Crippen molar-refractivity contribution in [2.24, 2.45) is 23.7 Å². The summed E-state index contributed by atoms with van der Waals surface area (Å²) in [6.45, 7) is -0.370. The monoisotopic (exact) mass is 407 g/mol. The molecule has 2 aliphatic rings. The van der Waals surface area contributed by atoms with Crippen LogP contribution >= 0.6 is 0 Å². The van der Waals surface area contributed by atoms with Crippen molar-refractivity contribution in [2.75, 3.05) is 19.0 Å². The molecule has 2 bridgehead atoms. The van der Waals surface area contributed by atoms with Crippen molar-refractivity contribution in [1.29, 1.82) is 0 Å². The number of methoxy groups -OCH3 is 1. The van der Waals surface area contributed by atoms with Crippen molar-refractivity contribution < 1.29 is 23.9 Å². The van der Waals surface area contributed by atoms with Crippen LogP contribution in [0.3, 0.4) is 0 Å². The van der Waals surface area contributed by atoms with Crippen LogP contribution in [0.4, 0.5) is 5.69 Å². The summed E-state index contributed by atoms with van der Waals surface area (Å²) in [6, 6.07) is 16.0. The second-order valence-corrected chi connectivity index (χ2v) is 8.00. The predicted octanol–water partition coefficient (Wildman–Crippen LogP) is 3.72. The molecule has 0 spiro atoms. The van der Waals surface area contributed by atoms with E-state index >= 15 is 0 Å². The van der Waals surface area contributed by atoms with E-state index in [1.165, 1.54) is 0 Å². The molecule has 2 saturated carbocycles. The molecule has 2 aromatic carbocycles. The molecule has 0 heterocycles. The standard InChI is InChI=1S/C24H25NO5/c1-29-19-11-9-18(10-12-19)25-20(26)14-30-24(28)22-17-8-7-16(13-17)21(22)23(27)15-5-3-2-4-6-15/h2-6,9-12,16-17,21-22H,7-8,13-14H2,1H3,(H,25,26)/t16-,17-,21-,22+/m0/s1. The van der Waals surface area contributed by atoms with E-state index in [4.69, 9.17) is 9.47 Å². The van der Waals surface area contributed by atoms with Gasteiger partial charge in [0.25, 0.3) is 5.91 Å². The van der Waals surface area contributed by atoms with Gasteiger partial charge in [-0.3, -0.25) is 14.4 Å². The Kier molecular flexibility index (Phi) is 5.84. The molecule has 4 rings (SSSR count). The Labute approximate surface area is 175 Å². The molecule has 1 amide bonds. The minimum absolute atomic E-state index is 0.00688. The van der Waals surface area contributed by atoms with Gasteiger partial charge in [-0.2, -0.15) is 0 Å². The third-order valence-electron chi connectivity index (χ3n) is 6.27. The molecule has 4 atom stereocenters. The van der Waals surface area contributed by atoms with Crippen LogP contribution in [-0.4, -0.2) is 31.4 Å². The topological polar surface area (TPSA) is 81.7 Å². The average molecular weight is 407 g/mol. The van der Waals surface area contributed by atoms with Gasteiger partial charge < -0.3 is 14.8 Å². The minimum Gasteiger partial charge on any atom is -0.497 e. The number of carbonyl (C=O) groups excluding carboxylic acids is 3. The van der Waals surface area contributed by atoms with Crippen LogP contribution in [0.15, 0.2) is 54.6 Å². The van der Waals surface area contributed by atoms with Gasteiger partial charge in [-0.1, -0.05) is 30.3 Å². The number of ether oxygens (including phenoxy) is 2. The number of esters is 1. The molecule has 156 valence electrons. The molecule has 0 unspecified atom stereocenters. The van der Waals surface area contributed by atoms with Crippen LogP contribution < -0.4 is 10.1 Å². The Hall–Kier alpha value is -3.15. The summed E-state index contributed by atoms with van der Waals surface area (Å²) in [5, 5.41) is 2.69. The molecular formula is C24H25NO5. The van der Waals surface area contributed by atoms with Gasteiger partial charge in [-0.05, 0) is 55.4 Å². The number of Topliss-reactive ketones (excluding diaryl/α,β-unsaturated/α-hetero) is 1. The maximum absolute atomic E-state index is 13.1.